The third-order valence-electron chi connectivity index (χ3n) is 3.74. The van der Waals surface area contributed by atoms with Gasteiger partial charge in [-0.15, -0.1) is 20.4 Å². The zero-order valence-corrected chi connectivity index (χ0v) is 18.3. The van der Waals surface area contributed by atoms with Crippen molar-refractivity contribution in [3.8, 4) is 11.4 Å². The molecule has 0 spiro atoms. The van der Waals surface area contributed by atoms with E-state index in [0.717, 1.165) is 0 Å². The second-order valence-corrected chi connectivity index (χ2v) is 8.78. The van der Waals surface area contributed by atoms with Gasteiger partial charge in [0.25, 0.3) is 0 Å². The van der Waals surface area contributed by atoms with E-state index in [-0.39, 0.29) is 17.6 Å². The van der Waals surface area contributed by atoms with Crippen molar-refractivity contribution in [2.24, 2.45) is 5.41 Å². The number of carboxylic acids is 1. The lowest BCUT2D eigenvalue weighted by atomic mass is 9.95. The lowest BCUT2D eigenvalue weighted by Crippen LogP contribution is -2.39. The average Bonchev–Trinajstić information content (AvgIpc) is 2.64. The molecule has 2 rings (SSSR count). The Bertz CT molecular complexity index is 946. The van der Waals surface area contributed by atoms with Gasteiger partial charge in [0.2, 0.25) is 17.6 Å². The molecule has 0 aliphatic heterocycles. The summed E-state index contributed by atoms with van der Waals surface area (Å²) >= 11 is 0. The molecule has 0 fully saturated rings. The topological polar surface area (TPSA) is 156 Å². The Hall–Kier alpha value is -3.63. The Morgan fingerprint density at radius 3 is 1.94 bits per heavy atom. The van der Waals surface area contributed by atoms with Crippen LogP contribution < -0.4 is 10.6 Å². The van der Waals surface area contributed by atoms with E-state index in [9.17, 15) is 19.5 Å². The molecule has 0 saturated carbocycles. The molecule has 11 nitrogen and oxygen atoms in total. The minimum atomic E-state index is -1.57. The summed E-state index contributed by atoms with van der Waals surface area (Å²) in [6.07, 6.45) is -0.930. The molecule has 1 atom stereocenters. The zero-order chi connectivity index (χ0) is 23.4. The first-order valence-corrected chi connectivity index (χ1v) is 9.48. The molecule has 1 aromatic heterocycles. The Balaban J connectivity index is 2.13. The van der Waals surface area contributed by atoms with Crippen molar-refractivity contribution < 1.29 is 24.2 Å². The maximum absolute atomic E-state index is 12.1. The zero-order valence-electron chi connectivity index (χ0n) is 18.3. The number of aliphatic carboxylic acids is 1. The number of anilines is 1. The standard InChI is InChI=1S/C20H26N6O5/c1-19(2,3)17(29)21-12-9-7-11(8-10-12)14-23-25-15(26-24-14)13(16(27)28)22-18(30)31-20(4,5)6/h7-10,13H,1-6H3,(H,21,29)(H,22,30)(H,27,28). The molecular formula is C20H26N6O5. The molecule has 166 valence electrons. The van der Waals surface area contributed by atoms with Crippen molar-refractivity contribution in [1.82, 2.24) is 25.7 Å². The van der Waals surface area contributed by atoms with Crippen LogP contribution in [0.3, 0.4) is 0 Å². The lowest BCUT2D eigenvalue weighted by Gasteiger charge is -2.21. The van der Waals surface area contributed by atoms with E-state index in [1.165, 1.54) is 0 Å². The number of hydrogen-bond donors (Lipinski definition) is 3. The second kappa shape index (κ2) is 9.02. The first-order chi connectivity index (χ1) is 14.3. The third-order valence-corrected chi connectivity index (χ3v) is 3.74. The molecule has 0 aliphatic rings. The molecule has 11 heteroatoms. The summed E-state index contributed by atoms with van der Waals surface area (Å²) in [5.74, 6) is -1.66. The molecular weight excluding hydrogens is 404 g/mol. The summed E-state index contributed by atoms with van der Waals surface area (Å²) in [7, 11) is 0. The minimum Gasteiger partial charge on any atom is -0.479 e. The van der Waals surface area contributed by atoms with Gasteiger partial charge >= 0.3 is 12.1 Å². The monoisotopic (exact) mass is 430 g/mol. The van der Waals surface area contributed by atoms with Gasteiger partial charge in [-0.05, 0) is 45.0 Å². The first kappa shape index (κ1) is 23.6. The second-order valence-electron chi connectivity index (χ2n) is 8.78. The van der Waals surface area contributed by atoms with Crippen LogP contribution in [0.2, 0.25) is 0 Å². The van der Waals surface area contributed by atoms with Crippen LogP contribution in [-0.2, 0) is 14.3 Å². The van der Waals surface area contributed by atoms with Crippen LogP contribution in [0.15, 0.2) is 24.3 Å². The van der Waals surface area contributed by atoms with Crippen molar-refractivity contribution >= 4 is 23.7 Å². The Labute approximate surface area is 179 Å². The predicted octanol–water partition coefficient (Wildman–Crippen LogP) is 2.57. The molecule has 0 aliphatic carbocycles. The number of aromatic nitrogens is 4. The molecule has 3 N–H and O–H groups in total. The fraction of sp³-hybridized carbons (Fsp3) is 0.450. The molecule has 1 aromatic carbocycles. The quantitative estimate of drug-likeness (QED) is 0.648. The summed E-state index contributed by atoms with van der Waals surface area (Å²) in [5.41, 5.74) is -0.159. The van der Waals surface area contributed by atoms with Gasteiger partial charge in [0.05, 0.1) is 0 Å². The first-order valence-electron chi connectivity index (χ1n) is 9.48. The molecule has 1 unspecified atom stereocenters. The average molecular weight is 430 g/mol. The number of hydrogen-bond acceptors (Lipinski definition) is 8. The predicted molar refractivity (Wildman–Crippen MR) is 111 cm³/mol. The number of ether oxygens (including phenoxy) is 1. The minimum absolute atomic E-state index is 0.124. The number of carbonyl (C=O) groups excluding carboxylic acids is 2. The number of carbonyl (C=O) groups is 3. The maximum Gasteiger partial charge on any atom is 0.408 e. The molecule has 2 aromatic rings. The van der Waals surface area contributed by atoms with Crippen molar-refractivity contribution in [3.05, 3.63) is 30.1 Å². The molecule has 0 radical (unpaired) electrons. The summed E-state index contributed by atoms with van der Waals surface area (Å²) in [5, 5.41) is 29.7. The molecule has 1 heterocycles. The van der Waals surface area contributed by atoms with E-state index in [2.05, 4.69) is 31.0 Å². The van der Waals surface area contributed by atoms with Crippen molar-refractivity contribution in [3.63, 3.8) is 0 Å². The van der Waals surface area contributed by atoms with Gasteiger partial charge in [-0.3, -0.25) is 4.79 Å². The van der Waals surface area contributed by atoms with Crippen LogP contribution >= 0.6 is 0 Å². The largest absolute Gasteiger partial charge is 0.479 e. The van der Waals surface area contributed by atoms with Gasteiger partial charge in [-0.2, -0.15) is 0 Å². The van der Waals surface area contributed by atoms with Crippen molar-refractivity contribution in [2.45, 2.75) is 53.2 Å². The van der Waals surface area contributed by atoms with Crippen LogP contribution in [0.4, 0.5) is 10.5 Å². The van der Waals surface area contributed by atoms with Crippen LogP contribution in [0.25, 0.3) is 11.4 Å². The Kier molecular flexibility index (Phi) is 6.88. The number of amides is 2. The third kappa shape index (κ3) is 6.98. The van der Waals surface area contributed by atoms with E-state index in [0.29, 0.717) is 11.3 Å². The highest BCUT2D eigenvalue weighted by molar-refractivity contribution is 5.94. The normalized spacial score (nSPS) is 12.6. The van der Waals surface area contributed by atoms with Crippen LogP contribution in [-0.4, -0.2) is 49.1 Å². The summed E-state index contributed by atoms with van der Waals surface area (Å²) in [6, 6.07) is 5.13. The van der Waals surface area contributed by atoms with E-state index < -0.39 is 29.1 Å². The smallest absolute Gasteiger partial charge is 0.408 e. The van der Waals surface area contributed by atoms with Gasteiger partial charge in [-0.25, -0.2) is 9.59 Å². The van der Waals surface area contributed by atoms with Gasteiger partial charge in [0.1, 0.15) is 5.60 Å². The van der Waals surface area contributed by atoms with E-state index >= 15 is 0 Å². The van der Waals surface area contributed by atoms with Crippen molar-refractivity contribution in [2.75, 3.05) is 5.32 Å². The van der Waals surface area contributed by atoms with E-state index in [1.54, 1.807) is 45.0 Å². The van der Waals surface area contributed by atoms with E-state index in [1.807, 2.05) is 20.8 Å². The molecule has 0 bridgehead atoms. The fourth-order valence-corrected chi connectivity index (χ4v) is 2.15. The fourth-order valence-electron chi connectivity index (χ4n) is 2.15. The Morgan fingerprint density at radius 1 is 0.935 bits per heavy atom. The maximum atomic E-state index is 12.1. The number of rotatable bonds is 5. The summed E-state index contributed by atoms with van der Waals surface area (Å²) < 4.78 is 5.05. The highest BCUT2D eigenvalue weighted by Gasteiger charge is 2.29. The van der Waals surface area contributed by atoms with Gasteiger partial charge in [0.15, 0.2) is 6.04 Å². The van der Waals surface area contributed by atoms with Crippen molar-refractivity contribution in [1.29, 1.82) is 0 Å². The van der Waals surface area contributed by atoms with Gasteiger partial charge < -0.3 is 20.5 Å². The Morgan fingerprint density at radius 2 is 1.48 bits per heavy atom. The number of nitrogens with one attached hydrogen (secondary N) is 2. The van der Waals surface area contributed by atoms with Gasteiger partial charge in [-0.1, -0.05) is 20.8 Å². The lowest BCUT2D eigenvalue weighted by molar-refractivity contribution is -0.140. The number of nitrogens with zero attached hydrogens (tertiary/aromatic N) is 4. The highest BCUT2D eigenvalue weighted by Crippen LogP contribution is 2.20. The van der Waals surface area contributed by atoms with Gasteiger partial charge in [0, 0.05) is 16.7 Å². The summed E-state index contributed by atoms with van der Waals surface area (Å²) in [6.45, 7) is 10.4. The van der Waals surface area contributed by atoms with Crippen LogP contribution in [0, 0.1) is 5.41 Å². The SMILES string of the molecule is CC(C)(C)OC(=O)NC(C(=O)O)c1nnc(-c2ccc(NC(=O)C(C)(C)C)cc2)nn1. The van der Waals surface area contributed by atoms with Crippen LogP contribution in [0.5, 0.6) is 0 Å². The molecule has 0 saturated heterocycles. The summed E-state index contributed by atoms with van der Waals surface area (Å²) in [4.78, 5) is 35.4. The van der Waals surface area contributed by atoms with E-state index in [4.69, 9.17) is 4.74 Å². The number of alkyl carbamates (subject to hydrolysis) is 1. The highest BCUT2D eigenvalue weighted by atomic mass is 16.6. The molecule has 2 amide bonds. The number of carboxylic acid groups (broad SMARTS) is 1. The molecule has 31 heavy (non-hydrogen) atoms. The van der Waals surface area contributed by atoms with Crippen LogP contribution in [0.1, 0.15) is 53.4 Å². The number of benzene rings is 1.